The Kier molecular flexibility index (Phi) is 1.65. The van der Waals surface area contributed by atoms with Gasteiger partial charge in [-0.2, -0.15) is 0 Å². The van der Waals surface area contributed by atoms with E-state index in [1.165, 1.54) is 12.0 Å². The number of pyridine rings is 1. The van der Waals surface area contributed by atoms with Gasteiger partial charge in [0.1, 0.15) is 0 Å². The topological polar surface area (TPSA) is 38.9 Å². The van der Waals surface area contributed by atoms with Gasteiger partial charge in [-0.05, 0) is 37.8 Å². The van der Waals surface area contributed by atoms with E-state index in [-0.39, 0.29) is 5.54 Å². The van der Waals surface area contributed by atoms with E-state index in [0.717, 1.165) is 18.5 Å². The summed E-state index contributed by atoms with van der Waals surface area (Å²) in [5.74, 6) is 0. The maximum absolute atomic E-state index is 6.13. The van der Waals surface area contributed by atoms with Crippen molar-refractivity contribution in [1.29, 1.82) is 0 Å². The van der Waals surface area contributed by atoms with E-state index in [1.807, 2.05) is 19.2 Å². The summed E-state index contributed by atoms with van der Waals surface area (Å²) in [6.07, 6.45) is 5.38. The fourth-order valence-electron chi connectivity index (χ4n) is 1.61. The van der Waals surface area contributed by atoms with Gasteiger partial charge in [-0.25, -0.2) is 0 Å². The van der Waals surface area contributed by atoms with Crippen LogP contribution in [0.1, 0.15) is 30.5 Å². The number of rotatable bonds is 1. The van der Waals surface area contributed by atoms with Crippen LogP contribution in [0, 0.1) is 6.92 Å². The first-order chi connectivity index (χ1) is 5.71. The molecule has 0 spiro atoms. The van der Waals surface area contributed by atoms with Crippen LogP contribution in [-0.2, 0) is 5.54 Å². The number of nitrogens with zero attached hydrogens (tertiary/aromatic N) is 1. The van der Waals surface area contributed by atoms with Crippen LogP contribution in [-0.4, -0.2) is 4.98 Å². The lowest BCUT2D eigenvalue weighted by Gasteiger charge is -2.38. The van der Waals surface area contributed by atoms with Gasteiger partial charge in [0.15, 0.2) is 0 Å². The van der Waals surface area contributed by atoms with Crippen LogP contribution < -0.4 is 5.73 Å². The molecule has 0 aromatic carbocycles. The molecular formula is C10H14N2. The molecule has 64 valence electrons. The van der Waals surface area contributed by atoms with Crippen LogP contribution in [0.2, 0.25) is 0 Å². The van der Waals surface area contributed by atoms with Gasteiger partial charge in [-0.1, -0.05) is 6.07 Å². The Morgan fingerprint density at radius 2 is 2.17 bits per heavy atom. The summed E-state index contributed by atoms with van der Waals surface area (Å²) in [7, 11) is 0. The molecule has 0 aliphatic heterocycles. The Morgan fingerprint density at radius 3 is 2.58 bits per heavy atom. The summed E-state index contributed by atoms with van der Waals surface area (Å²) in [5, 5.41) is 0. The molecule has 1 aliphatic carbocycles. The molecule has 0 bridgehead atoms. The van der Waals surface area contributed by atoms with Crippen LogP contribution >= 0.6 is 0 Å². The standard InChI is InChI=1S/C10H14N2/c1-8-3-4-9(7-12-8)10(11)5-2-6-10/h3-4,7H,2,5-6,11H2,1H3. The minimum Gasteiger partial charge on any atom is -0.321 e. The average Bonchev–Trinajstić information content (AvgIpc) is 2.02. The summed E-state index contributed by atoms with van der Waals surface area (Å²) >= 11 is 0. The minimum atomic E-state index is -0.0549. The SMILES string of the molecule is Cc1ccc(C2(N)CCC2)cn1. The molecule has 2 rings (SSSR count). The second-order valence-electron chi connectivity index (χ2n) is 3.70. The van der Waals surface area contributed by atoms with Crippen molar-refractivity contribution in [2.45, 2.75) is 31.7 Å². The molecule has 0 radical (unpaired) electrons. The smallest absolute Gasteiger partial charge is 0.0425 e. The van der Waals surface area contributed by atoms with E-state index in [2.05, 4.69) is 11.1 Å². The van der Waals surface area contributed by atoms with Gasteiger partial charge in [0.05, 0.1) is 0 Å². The van der Waals surface area contributed by atoms with Gasteiger partial charge < -0.3 is 5.73 Å². The normalized spacial score (nSPS) is 20.2. The minimum absolute atomic E-state index is 0.0549. The summed E-state index contributed by atoms with van der Waals surface area (Å²) in [6, 6.07) is 4.13. The zero-order valence-corrected chi connectivity index (χ0v) is 7.38. The average molecular weight is 162 g/mol. The van der Waals surface area contributed by atoms with Gasteiger partial charge in [-0.15, -0.1) is 0 Å². The second-order valence-corrected chi connectivity index (χ2v) is 3.70. The monoisotopic (exact) mass is 162 g/mol. The molecule has 0 amide bonds. The van der Waals surface area contributed by atoms with Gasteiger partial charge in [0, 0.05) is 17.4 Å². The highest BCUT2D eigenvalue weighted by Gasteiger charge is 2.34. The molecule has 1 aromatic rings. The molecule has 1 aromatic heterocycles. The highest BCUT2D eigenvalue weighted by molar-refractivity contribution is 5.24. The van der Waals surface area contributed by atoms with Gasteiger partial charge in [-0.3, -0.25) is 4.98 Å². The summed E-state index contributed by atoms with van der Waals surface area (Å²) in [4.78, 5) is 4.25. The Labute approximate surface area is 72.8 Å². The van der Waals surface area contributed by atoms with E-state index in [0.29, 0.717) is 0 Å². The summed E-state index contributed by atoms with van der Waals surface area (Å²) in [5.41, 5.74) is 8.33. The lowest BCUT2D eigenvalue weighted by atomic mass is 9.73. The van der Waals surface area contributed by atoms with Gasteiger partial charge >= 0.3 is 0 Å². The zero-order chi connectivity index (χ0) is 8.60. The quantitative estimate of drug-likeness (QED) is 0.683. The number of aryl methyl sites for hydroxylation is 1. The molecule has 1 fully saturated rings. The van der Waals surface area contributed by atoms with Crippen molar-refractivity contribution in [1.82, 2.24) is 4.98 Å². The highest BCUT2D eigenvalue weighted by atomic mass is 14.8. The molecule has 1 saturated carbocycles. The molecule has 2 heteroatoms. The Balaban J connectivity index is 2.28. The van der Waals surface area contributed by atoms with Crippen molar-refractivity contribution in [2.24, 2.45) is 5.73 Å². The molecular weight excluding hydrogens is 148 g/mol. The number of aromatic nitrogens is 1. The fraction of sp³-hybridized carbons (Fsp3) is 0.500. The van der Waals surface area contributed by atoms with Crippen LogP contribution in [0.3, 0.4) is 0 Å². The molecule has 0 atom stereocenters. The number of nitrogens with two attached hydrogens (primary N) is 1. The van der Waals surface area contributed by atoms with Crippen molar-refractivity contribution in [3.05, 3.63) is 29.6 Å². The van der Waals surface area contributed by atoms with E-state index < -0.39 is 0 Å². The molecule has 2 nitrogen and oxygen atoms in total. The van der Waals surface area contributed by atoms with Gasteiger partial charge in [0.25, 0.3) is 0 Å². The Hall–Kier alpha value is -0.890. The number of hydrogen-bond donors (Lipinski definition) is 1. The molecule has 12 heavy (non-hydrogen) atoms. The third-order valence-corrected chi connectivity index (χ3v) is 2.73. The van der Waals surface area contributed by atoms with Crippen LogP contribution in [0.25, 0.3) is 0 Å². The van der Waals surface area contributed by atoms with Crippen molar-refractivity contribution in [2.75, 3.05) is 0 Å². The summed E-state index contributed by atoms with van der Waals surface area (Å²) < 4.78 is 0. The van der Waals surface area contributed by atoms with Crippen molar-refractivity contribution in [3.63, 3.8) is 0 Å². The van der Waals surface area contributed by atoms with Crippen molar-refractivity contribution >= 4 is 0 Å². The Bertz CT molecular complexity index is 272. The predicted octanol–water partition coefficient (Wildman–Crippen LogP) is 1.73. The van der Waals surface area contributed by atoms with Crippen LogP contribution in [0.15, 0.2) is 18.3 Å². The third-order valence-electron chi connectivity index (χ3n) is 2.73. The largest absolute Gasteiger partial charge is 0.321 e. The molecule has 0 saturated heterocycles. The molecule has 2 N–H and O–H groups in total. The molecule has 1 aliphatic rings. The summed E-state index contributed by atoms with van der Waals surface area (Å²) in [6.45, 7) is 1.99. The first kappa shape index (κ1) is 7.74. The lowest BCUT2D eigenvalue weighted by Crippen LogP contribution is -2.43. The van der Waals surface area contributed by atoms with Gasteiger partial charge in [0.2, 0.25) is 0 Å². The van der Waals surface area contributed by atoms with Crippen LogP contribution in [0.4, 0.5) is 0 Å². The Morgan fingerprint density at radius 1 is 1.42 bits per heavy atom. The fourth-order valence-corrected chi connectivity index (χ4v) is 1.61. The first-order valence-electron chi connectivity index (χ1n) is 4.43. The maximum Gasteiger partial charge on any atom is 0.0425 e. The number of hydrogen-bond acceptors (Lipinski definition) is 2. The lowest BCUT2D eigenvalue weighted by molar-refractivity contribution is 0.253. The van der Waals surface area contributed by atoms with E-state index in [1.54, 1.807) is 0 Å². The first-order valence-corrected chi connectivity index (χ1v) is 4.43. The van der Waals surface area contributed by atoms with Crippen molar-refractivity contribution < 1.29 is 0 Å². The third kappa shape index (κ3) is 1.12. The second kappa shape index (κ2) is 2.56. The molecule has 0 unspecified atom stereocenters. The zero-order valence-electron chi connectivity index (χ0n) is 7.38. The van der Waals surface area contributed by atoms with Crippen LogP contribution in [0.5, 0.6) is 0 Å². The highest BCUT2D eigenvalue weighted by Crippen LogP contribution is 2.38. The van der Waals surface area contributed by atoms with E-state index in [4.69, 9.17) is 5.73 Å². The van der Waals surface area contributed by atoms with Crippen molar-refractivity contribution in [3.8, 4) is 0 Å². The van der Waals surface area contributed by atoms with E-state index >= 15 is 0 Å². The molecule has 1 heterocycles. The predicted molar refractivity (Wildman–Crippen MR) is 48.7 cm³/mol. The maximum atomic E-state index is 6.13. The van der Waals surface area contributed by atoms with E-state index in [9.17, 15) is 0 Å².